The Balaban J connectivity index is 1.91. The Bertz CT molecular complexity index is 374. The monoisotopic (exact) mass is 266 g/mol. The first kappa shape index (κ1) is 14.4. The van der Waals surface area contributed by atoms with Gasteiger partial charge in [-0.2, -0.15) is 0 Å². The number of aliphatic hydroxyl groups excluding tert-OH is 2. The predicted octanol–water partition coefficient (Wildman–Crippen LogP) is -0.343. The van der Waals surface area contributed by atoms with Crippen LogP contribution in [0.25, 0.3) is 0 Å². The molecular weight excluding hydrogens is 244 g/mol. The number of methoxy groups -OCH3 is 1. The first-order valence-electron chi connectivity index (χ1n) is 6.59. The fourth-order valence-corrected chi connectivity index (χ4v) is 2.37. The third kappa shape index (κ3) is 3.75. The largest absolute Gasteiger partial charge is 0.389 e. The lowest BCUT2D eigenvalue weighted by atomic mass is 10.1. The molecular formula is C14H22N2O3. The summed E-state index contributed by atoms with van der Waals surface area (Å²) >= 11 is 0. The van der Waals surface area contributed by atoms with Crippen molar-refractivity contribution in [3.05, 3.63) is 35.9 Å². The van der Waals surface area contributed by atoms with Crippen LogP contribution in [-0.4, -0.2) is 55.3 Å². The van der Waals surface area contributed by atoms with E-state index in [0.29, 0.717) is 19.7 Å². The third-order valence-electron chi connectivity index (χ3n) is 3.52. The average molecular weight is 266 g/mol. The van der Waals surface area contributed by atoms with Crippen LogP contribution in [0.2, 0.25) is 0 Å². The Hall–Kier alpha value is -0.980. The number of hydrogen-bond acceptors (Lipinski definition) is 5. The maximum absolute atomic E-state index is 9.79. The number of rotatable bonds is 6. The summed E-state index contributed by atoms with van der Waals surface area (Å²) in [6, 6.07) is 10.0. The van der Waals surface area contributed by atoms with Gasteiger partial charge < -0.3 is 25.6 Å². The van der Waals surface area contributed by atoms with Crippen molar-refractivity contribution in [3.8, 4) is 0 Å². The molecule has 4 N–H and O–H groups in total. The van der Waals surface area contributed by atoms with Gasteiger partial charge in [-0.15, -0.1) is 0 Å². The fraction of sp³-hybridized carbons (Fsp3) is 0.571. The molecule has 1 fully saturated rings. The molecule has 1 heterocycles. The number of β-amino-alcohol motifs (C(OH)–C–C–N with tert-alkyl or cyclic N) is 1. The van der Waals surface area contributed by atoms with Crippen LogP contribution in [0.1, 0.15) is 11.6 Å². The first-order chi connectivity index (χ1) is 9.22. The lowest BCUT2D eigenvalue weighted by molar-refractivity contribution is 0.0396. The molecule has 1 saturated heterocycles. The Morgan fingerprint density at radius 2 is 2.11 bits per heavy atom. The molecule has 0 aromatic heterocycles. The molecule has 0 aliphatic carbocycles. The summed E-state index contributed by atoms with van der Waals surface area (Å²) in [5.41, 5.74) is 1.15. The molecule has 0 bridgehead atoms. The highest BCUT2D eigenvalue weighted by Crippen LogP contribution is 2.14. The Labute approximate surface area is 113 Å². The first-order valence-corrected chi connectivity index (χ1v) is 6.59. The molecule has 2 rings (SSSR count). The number of hydrogen-bond donors (Lipinski definition) is 4. The van der Waals surface area contributed by atoms with E-state index < -0.39 is 12.2 Å². The summed E-state index contributed by atoms with van der Waals surface area (Å²) in [5.74, 6) is 0. The molecule has 1 aliphatic rings. The van der Waals surface area contributed by atoms with E-state index >= 15 is 0 Å². The normalized spacial score (nSPS) is 28.5. The van der Waals surface area contributed by atoms with Crippen molar-refractivity contribution in [2.45, 2.75) is 24.3 Å². The van der Waals surface area contributed by atoms with Crippen molar-refractivity contribution in [3.63, 3.8) is 0 Å². The summed E-state index contributed by atoms with van der Waals surface area (Å²) in [6.07, 6.45) is -1.39. The van der Waals surface area contributed by atoms with Gasteiger partial charge in [0.2, 0.25) is 0 Å². The Kier molecular flexibility index (Phi) is 5.30. The summed E-state index contributed by atoms with van der Waals surface area (Å²) in [5, 5.41) is 25.7. The van der Waals surface area contributed by atoms with E-state index in [4.69, 9.17) is 4.74 Å². The molecule has 1 aromatic rings. The highest BCUT2D eigenvalue weighted by molar-refractivity contribution is 5.19. The van der Waals surface area contributed by atoms with Gasteiger partial charge in [0.1, 0.15) is 0 Å². The van der Waals surface area contributed by atoms with Gasteiger partial charge in [-0.05, 0) is 5.56 Å². The highest BCUT2D eigenvalue weighted by Gasteiger charge is 2.32. The SMILES string of the molecule is COCC(NC[C@H]1NC[C@H](O)[C@@H]1O)c1ccccc1. The second-order valence-electron chi connectivity index (χ2n) is 4.90. The topological polar surface area (TPSA) is 73.8 Å². The van der Waals surface area contributed by atoms with Gasteiger partial charge >= 0.3 is 0 Å². The molecule has 19 heavy (non-hydrogen) atoms. The van der Waals surface area contributed by atoms with Crippen LogP contribution in [-0.2, 0) is 4.74 Å². The van der Waals surface area contributed by atoms with Crippen molar-refractivity contribution in [1.82, 2.24) is 10.6 Å². The van der Waals surface area contributed by atoms with Crippen LogP contribution in [0.5, 0.6) is 0 Å². The Morgan fingerprint density at radius 3 is 2.68 bits per heavy atom. The van der Waals surface area contributed by atoms with E-state index in [1.54, 1.807) is 7.11 Å². The van der Waals surface area contributed by atoms with Crippen molar-refractivity contribution in [2.24, 2.45) is 0 Å². The smallest absolute Gasteiger partial charge is 0.0976 e. The van der Waals surface area contributed by atoms with Gasteiger partial charge in [0.25, 0.3) is 0 Å². The zero-order valence-corrected chi connectivity index (χ0v) is 11.1. The number of ether oxygens (including phenoxy) is 1. The summed E-state index contributed by atoms with van der Waals surface area (Å²) in [7, 11) is 1.67. The van der Waals surface area contributed by atoms with E-state index in [2.05, 4.69) is 10.6 Å². The van der Waals surface area contributed by atoms with Crippen molar-refractivity contribution in [1.29, 1.82) is 0 Å². The quantitative estimate of drug-likeness (QED) is 0.567. The molecule has 4 atom stereocenters. The molecule has 0 spiro atoms. The number of benzene rings is 1. The molecule has 1 aromatic carbocycles. The molecule has 1 unspecified atom stereocenters. The van der Waals surface area contributed by atoms with E-state index in [0.717, 1.165) is 5.56 Å². The molecule has 5 nitrogen and oxygen atoms in total. The van der Waals surface area contributed by atoms with Gasteiger partial charge in [0, 0.05) is 26.2 Å². The van der Waals surface area contributed by atoms with Crippen LogP contribution < -0.4 is 10.6 Å². The Morgan fingerprint density at radius 1 is 1.37 bits per heavy atom. The maximum atomic E-state index is 9.79. The van der Waals surface area contributed by atoms with Gasteiger partial charge in [-0.1, -0.05) is 30.3 Å². The number of aliphatic hydroxyl groups is 2. The van der Waals surface area contributed by atoms with Crippen LogP contribution in [0.15, 0.2) is 30.3 Å². The lowest BCUT2D eigenvalue weighted by Gasteiger charge is -2.22. The lowest BCUT2D eigenvalue weighted by Crippen LogP contribution is -2.43. The molecule has 0 saturated carbocycles. The number of nitrogens with one attached hydrogen (secondary N) is 2. The predicted molar refractivity (Wildman–Crippen MR) is 72.9 cm³/mol. The van der Waals surface area contributed by atoms with Crippen LogP contribution in [0, 0.1) is 0 Å². The van der Waals surface area contributed by atoms with Crippen LogP contribution >= 0.6 is 0 Å². The van der Waals surface area contributed by atoms with E-state index in [1.807, 2.05) is 30.3 Å². The minimum Gasteiger partial charge on any atom is -0.389 e. The standard InChI is InChI=1S/C14H22N2O3/c1-19-9-12(10-5-3-2-4-6-10)15-7-11-14(18)13(17)8-16-11/h2-6,11-18H,7-9H2,1H3/t11-,12?,13+,14-/m1/s1. The summed E-state index contributed by atoms with van der Waals surface area (Å²) in [6.45, 7) is 1.59. The van der Waals surface area contributed by atoms with Crippen LogP contribution in [0.3, 0.4) is 0 Å². The van der Waals surface area contributed by atoms with E-state index in [-0.39, 0.29) is 12.1 Å². The highest BCUT2D eigenvalue weighted by atomic mass is 16.5. The fourth-order valence-electron chi connectivity index (χ4n) is 2.37. The zero-order chi connectivity index (χ0) is 13.7. The van der Waals surface area contributed by atoms with Crippen molar-refractivity contribution < 1.29 is 14.9 Å². The summed E-state index contributed by atoms with van der Waals surface area (Å²) in [4.78, 5) is 0. The minimum absolute atomic E-state index is 0.0814. The van der Waals surface area contributed by atoms with Gasteiger partial charge in [-0.3, -0.25) is 0 Å². The van der Waals surface area contributed by atoms with Gasteiger partial charge in [0.05, 0.1) is 24.9 Å². The molecule has 106 valence electrons. The van der Waals surface area contributed by atoms with Crippen molar-refractivity contribution >= 4 is 0 Å². The summed E-state index contributed by atoms with van der Waals surface area (Å²) < 4.78 is 5.23. The molecule has 0 amide bonds. The third-order valence-corrected chi connectivity index (χ3v) is 3.52. The van der Waals surface area contributed by atoms with Crippen LogP contribution in [0.4, 0.5) is 0 Å². The second-order valence-corrected chi connectivity index (χ2v) is 4.90. The minimum atomic E-state index is -0.716. The second kappa shape index (κ2) is 6.98. The van der Waals surface area contributed by atoms with E-state index in [9.17, 15) is 10.2 Å². The van der Waals surface area contributed by atoms with Gasteiger partial charge in [0.15, 0.2) is 0 Å². The van der Waals surface area contributed by atoms with Gasteiger partial charge in [-0.25, -0.2) is 0 Å². The molecule has 5 heteroatoms. The van der Waals surface area contributed by atoms with Crippen molar-refractivity contribution in [2.75, 3.05) is 26.8 Å². The average Bonchev–Trinajstić information content (AvgIpc) is 2.76. The molecule has 1 aliphatic heterocycles. The maximum Gasteiger partial charge on any atom is 0.0976 e. The molecule has 0 radical (unpaired) electrons. The zero-order valence-electron chi connectivity index (χ0n) is 11.1. The van der Waals surface area contributed by atoms with E-state index in [1.165, 1.54) is 0 Å².